The Hall–Kier alpha value is -4.10. The summed E-state index contributed by atoms with van der Waals surface area (Å²) in [5.41, 5.74) is 3.71. The van der Waals surface area contributed by atoms with Gasteiger partial charge in [-0.2, -0.15) is 5.26 Å². The normalized spacial score (nSPS) is 10.3. The van der Waals surface area contributed by atoms with Crippen LogP contribution in [-0.2, 0) is 0 Å². The average Bonchev–Trinajstić information content (AvgIpc) is 2.74. The number of benzene rings is 3. The maximum atomic E-state index is 12.6. The van der Waals surface area contributed by atoms with Crippen LogP contribution in [0.2, 0.25) is 0 Å². The van der Waals surface area contributed by atoms with E-state index >= 15 is 0 Å². The summed E-state index contributed by atoms with van der Waals surface area (Å²) in [5, 5.41) is 9.52. The lowest BCUT2D eigenvalue weighted by atomic mass is 10.0. The van der Waals surface area contributed by atoms with Gasteiger partial charge in [0.15, 0.2) is 0 Å². The van der Waals surface area contributed by atoms with Gasteiger partial charge in [0.2, 0.25) is 5.43 Å². The second-order valence-corrected chi connectivity index (χ2v) is 6.72. The van der Waals surface area contributed by atoms with Gasteiger partial charge in [0, 0.05) is 11.8 Å². The molecule has 0 saturated carbocycles. The molecule has 29 heavy (non-hydrogen) atoms. The van der Waals surface area contributed by atoms with Crippen molar-refractivity contribution < 1.29 is 4.74 Å². The Balaban J connectivity index is 1.74. The van der Waals surface area contributed by atoms with Gasteiger partial charge >= 0.3 is 0 Å². The van der Waals surface area contributed by atoms with Crippen LogP contribution in [0.1, 0.15) is 11.1 Å². The minimum absolute atomic E-state index is 0.0955. The van der Waals surface area contributed by atoms with Gasteiger partial charge in [-0.05, 0) is 60.5 Å². The second kappa shape index (κ2) is 7.87. The number of ether oxygens (including phenoxy) is 1. The molecule has 0 saturated heterocycles. The first-order valence-corrected chi connectivity index (χ1v) is 9.22. The van der Waals surface area contributed by atoms with Gasteiger partial charge in [0.25, 0.3) is 0 Å². The number of nitrogens with zero attached hydrogens (tertiary/aromatic N) is 1. The number of rotatable bonds is 4. The molecule has 4 heteroatoms. The Labute approximate surface area is 168 Å². The minimum atomic E-state index is -0.303. The molecule has 140 valence electrons. The summed E-state index contributed by atoms with van der Waals surface area (Å²) in [6.45, 7) is 2.00. The molecular formula is C25H18N2O2. The van der Waals surface area contributed by atoms with Crippen molar-refractivity contribution in [3.05, 3.63) is 106 Å². The zero-order valence-electron chi connectivity index (χ0n) is 15.8. The molecule has 0 aliphatic carbocycles. The van der Waals surface area contributed by atoms with Crippen molar-refractivity contribution in [2.45, 2.75) is 6.92 Å². The minimum Gasteiger partial charge on any atom is -0.457 e. The van der Waals surface area contributed by atoms with Crippen molar-refractivity contribution in [2.75, 3.05) is 0 Å². The zero-order valence-corrected chi connectivity index (χ0v) is 15.8. The van der Waals surface area contributed by atoms with Gasteiger partial charge < -0.3 is 9.72 Å². The molecule has 0 aliphatic rings. The van der Waals surface area contributed by atoms with Crippen molar-refractivity contribution in [3.8, 4) is 40.1 Å². The summed E-state index contributed by atoms with van der Waals surface area (Å²) in [7, 11) is 0. The second-order valence-electron chi connectivity index (χ2n) is 6.72. The van der Waals surface area contributed by atoms with Gasteiger partial charge in [0.1, 0.15) is 23.1 Å². The number of pyridine rings is 1. The van der Waals surface area contributed by atoms with E-state index in [0.717, 1.165) is 22.4 Å². The van der Waals surface area contributed by atoms with Crippen LogP contribution < -0.4 is 10.2 Å². The Morgan fingerprint density at radius 2 is 1.55 bits per heavy atom. The van der Waals surface area contributed by atoms with Gasteiger partial charge in [-0.1, -0.05) is 42.0 Å². The standard InChI is InChI=1S/C25H18N2O2/c1-17-6-5-7-19(14-17)23-15-24(28)22(16-26)25(27-23)18-10-12-21(13-11-18)29-20-8-3-2-4-9-20/h2-15H,1H3,(H,27,28). The number of H-pyrrole nitrogens is 1. The molecule has 0 amide bonds. The van der Waals surface area contributed by atoms with E-state index < -0.39 is 0 Å². The maximum absolute atomic E-state index is 12.6. The fraction of sp³-hybridized carbons (Fsp3) is 0.0400. The van der Waals surface area contributed by atoms with E-state index in [1.54, 1.807) is 0 Å². The van der Waals surface area contributed by atoms with Crippen molar-refractivity contribution >= 4 is 0 Å². The van der Waals surface area contributed by atoms with Crippen molar-refractivity contribution in [1.82, 2.24) is 4.98 Å². The summed E-state index contributed by atoms with van der Waals surface area (Å²) in [5.74, 6) is 1.42. The fourth-order valence-corrected chi connectivity index (χ4v) is 3.17. The lowest BCUT2D eigenvalue weighted by molar-refractivity contribution is 0.483. The van der Waals surface area contributed by atoms with E-state index in [1.165, 1.54) is 6.07 Å². The number of aromatic nitrogens is 1. The third-order valence-corrected chi connectivity index (χ3v) is 4.59. The maximum Gasteiger partial charge on any atom is 0.200 e. The molecule has 0 radical (unpaired) electrons. The van der Waals surface area contributed by atoms with Crippen LogP contribution in [0.4, 0.5) is 0 Å². The molecule has 1 aromatic heterocycles. The first-order chi connectivity index (χ1) is 14.1. The average molecular weight is 378 g/mol. The van der Waals surface area contributed by atoms with Crippen LogP contribution in [0.15, 0.2) is 89.7 Å². The van der Waals surface area contributed by atoms with Gasteiger partial charge in [-0.25, -0.2) is 0 Å². The predicted molar refractivity (Wildman–Crippen MR) is 114 cm³/mol. The summed E-state index contributed by atoms with van der Waals surface area (Å²) in [6, 6.07) is 28.2. The van der Waals surface area contributed by atoms with E-state index in [1.807, 2.05) is 91.9 Å². The highest BCUT2D eigenvalue weighted by Crippen LogP contribution is 2.27. The van der Waals surface area contributed by atoms with E-state index in [9.17, 15) is 10.1 Å². The zero-order chi connectivity index (χ0) is 20.2. The molecule has 3 aromatic carbocycles. The quantitative estimate of drug-likeness (QED) is 0.497. The topological polar surface area (TPSA) is 65.9 Å². The number of para-hydroxylation sites is 1. The summed E-state index contributed by atoms with van der Waals surface area (Å²) in [4.78, 5) is 15.8. The number of aryl methyl sites for hydroxylation is 1. The fourth-order valence-electron chi connectivity index (χ4n) is 3.17. The number of hydrogen-bond donors (Lipinski definition) is 1. The number of nitriles is 1. The van der Waals surface area contributed by atoms with Crippen LogP contribution >= 0.6 is 0 Å². The molecule has 4 aromatic rings. The van der Waals surface area contributed by atoms with Gasteiger partial charge in [-0.3, -0.25) is 4.79 Å². The molecular weight excluding hydrogens is 360 g/mol. The Bertz CT molecular complexity index is 1250. The molecule has 0 bridgehead atoms. The molecule has 0 fully saturated rings. The first kappa shape index (κ1) is 18.3. The highest BCUT2D eigenvalue weighted by atomic mass is 16.5. The molecule has 0 atom stereocenters. The van der Waals surface area contributed by atoms with Gasteiger partial charge in [0.05, 0.1) is 5.69 Å². The van der Waals surface area contributed by atoms with Crippen LogP contribution in [0.5, 0.6) is 11.5 Å². The molecule has 4 nitrogen and oxygen atoms in total. The van der Waals surface area contributed by atoms with Crippen molar-refractivity contribution in [1.29, 1.82) is 5.26 Å². The molecule has 0 unspecified atom stereocenters. The molecule has 0 aliphatic heterocycles. The predicted octanol–water partition coefficient (Wildman–Crippen LogP) is 5.68. The van der Waals surface area contributed by atoms with E-state index in [2.05, 4.69) is 4.98 Å². The van der Waals surface area contributed by atoms with Crippen molar-refractivity contribution in [3.63, 3.8) is 0 Å². The Kier molecular flexibility index (Phi) is 4.96. The third kappa shape index (κ3) is 3.95. The number of nitrogens with one attached hydrogen (secondary N) is 1. The summed E-state index contributed by atoms with van der Waals surface area (Å²) >= 11 is 0. The largest absolute Gasteiger partial charge is 0.457 e. The number of hydrogen-bond acceptors (Lipinski definition) is 3. The van der Waals surface area contributed by atoms with Crippen molar-refractivity contribution in [2.24, 2.45) is 0 Å². The smallest absolute Gasteiger partial charge is 0.200 e. The van der Waals surface area contributed by atoms with E-state index in [4.69, 9.17) is 4.74 Å². The molecule has 0 spiro atoms. The van der Waals surface area contributed by atoms with E-state index in [0.29, 0.717) is 17.1 Å². The summed E-state index contributed by atoms with van der Waals surface area (Å²) < 4.78 is 5.82. The monoisotopic (exact) mass is 378 g/mol. The van der Waals surface area contributed by atoms with Crippen LogP contribution in [0, 0.1) is 18.3 Å². The molecule has 4 rings (SSSR count). The number of aromatic amines is 1. The lowest BCUT2D eigenvalue weighted by Crippen LogP contribution is -2.09. The molecule has 1 N–H and O–H groups in total. The summed E-state index contributed by atoms with van der Waals surface area (Å²) in [6.07, 6.45) is 0. The van der Waals surface area contributed by atoms with Crippen LogP contribution in [0.25, 0.3) is 22.5 Å². The first-order valence-electron chi connectivity index (χ1n) is 9.22. The Morgan fingerprint density at radius 3 is 2.24 bits per heavy atom. The van der Waals surface area contributed by atoms with Crippen LogP contribution in [-0.4, -0.2) is 4.98 Å². The highest BCUT2D eigenvalue weighted by molar-refractivity contribution is 5.71. The van der Waals surface area contributed by atoms with Gasteiger partial charge in [-0.15, -0.1) is 0 Å². The molecule has 1 heterocycles. The Morgan fingerprint density at radius 1 is 0.828 bits per heavy atom. The van der Waals surface area contributed by atoms with Crippen LogP contribution in [0.3, 0.4) is 0 Å². The lowest BCUT2D eigenvalue weighted by Gasteiger charge is -2.10. The highest BCUT2D eigenvalue weighted by Gasteiger charge is 2.13. The van der Waals surface area contributed by atoms with E-state index in [-0.39, 0.29) is 11.0 Å². The SMILES string of the molecule is Cc1cccc(-c2cc(=O)c(C#N)c(-c3ccc(Oc4ccccc4)cc3)[nH]2)c1. The third-order valence-electron chi connectivity index (χ3n) is 4.59.